The van der Waals surface area contributed by atoms with E-state index in [2.05, 4.69) is 4.90 Å². The Labute approximate surface area is 196 Å². The van der Waals surface area contributed by atoms with Crippen LogP contribution in [0.15, 0.2) is 41.1 Å². The third-order valence-corrected chi connectivity index (χ3v) is 7.06. The molecule has 0 atom stereocenters. The molecular weight excluding hydrogens is 446 g/mol. The predicted molar refractivity (Wildman–Crippen MR) is 129 cm³/mol. The van der Waals surface area contributed by atoms with Gasteiger partial charge in [0.1, 0.15) is 11.5 Å². The van der Waals surface area contributed by atoms with E-state index in [-0.39, 0.29) is 5.91 Å². The molecule has 4 rings (SSSR count). The molecule has 3 heterocycles. The Balaban J connectivity index is 1.56. The minimum absolute atomic E-state index is 0.0134. The Morgan fingerprint density at radius 1 is 1.19 bits per heavy atom. The topological polar surface area (TPSA) is 64.1 Å². The van der Waals surface area contributed by atoms with Crippen LogP contribution in [0.3, 0.4) is 0 Å². The molecule has 0 radical (unpaired) electrons. The average molecular weight is 474 g/mol. The number of methoxy groups -OCH3 is 2. The number of anilines is 1. The van der Waals surface area contributed by atoms with Gasteiger partial charge in [-0.2, -0.15) is 0 Å². The highest BCUT2D eigenvalue weighted by molar-refractivity contribution is 7.14. The maximum Gasteiger partial charge on any atom is 0.270 e. The number of hydrogen-bond donors (Lipinski definition) is 0. The Bertz CT molecular complexity index is 1020. The Kier molecular flexibility index (Phi) is 7.75. The summed E-state index contributed by atoms with van der Waals surface area (Å²) in [5, 5.41) is 4.57. The molecule has 1 fully saturated rings. The maximum absolute atomic E-state index is 13.3. The zero-order valence-electron chi connectivity index (χ0n) is 18.3. The molecule has 7 nitrogen and oxygen atoms in total. The number of nitrogens with zero attached hydrogens (tertiary/aromatic N) is 3. The SMILES string of the molecule is COc1ccc(OC)c(-c2csc(N(CCCN3CCOCC3)C(=O)c3cccs3)n2)c1. The van der Waals surface area contributed by atoms with E-state index in [0.717, 1.165) is 56.3 Å². The van der Waals surface area contributed by atoms with Gasteiger partial charge in [0.05, 0.1) is 38.0 Å². The second kappa shape index (κ2) is 10.9. The van der Waals surface area contributed by atoms with Crippen molar-refractivity contribution < 1.29 is 19.0 Å². The Hall–Kier alpha value is -2.46. The van der Waals surface area contributed by atoms with Crippen molar-refractivity contribution in [3.8, 4) is 22.8 Å². The zero-order chi connectivity index (χ0) is 22.3. The van der Waals surface area contributed by atoms with E-state index in [0.29, 0.717) is 22.3 Å². The molecule has 9 heteroatoms. The fraction of sp³-hybridized carbons (Fsp3) is 0.391. The first-order valence-electron chi connectivity index (χ1n) is 10.5. The Morgan fingerprint density at radius 2 is 2.03 bits per heavy atom. The van der Waals surface area contributed by atoms with Crippen LogP contribution in [0.25, 0.3) is 11.3 Å². The maximum atomic E-state index is 13.3. The summed E-state index contributed by atoms with van der Waals surface area (Å²) in [5.74, 6) is 1.43. The Morgan fingerprint density at radius 3 is 2.75 bits per heavy atom. The quantitative estimate of drug-likeness (QED) is 0.463. The number of rotatable bonds is 9. The number of carbonyl (C=O) groups excluding carboxylic acids is 1. The highest BCUT2D eigenvalue weighted by Gasteiger charge is 2.23. The van der Waals surface area contributed by atoms with E-state index in [9.17, 15) is 4.79 Å². The second-order valence-corrected chi connectivity index (χ2v) is 9.11. The number of ether oxygens (including phenoxy) is 3. The number of amides is 1. The van der Waals surface area contributed by atoms with Gasteiger partial charge < -0.3 is 14.2 Å². The molecule has 1 amide bonds. The van der Waals surface area contributed by atoms with Gasteiger partial charge in [-0.1, -0.05) is 6.07 Å². The highest BCUT2D eigenvalue weighted by atomic mass is 32.1. The summed E-state index contributed by atoms with van der Waals surface area (Å²) in [4.78, 5) is 23.0. The summed E-state index contributed by atoms with van der Waals surface area (Å²) >= 11 is 2.92. The van der Waals surface area contributed by atoms with E-state index >= 15 is 0 Å². The molecule has 0 aliphatic carbocycles. The summed E-state index contributed by atoms with van der Waals surface area (Å²) in [6.07, 6.45) is 0.870. The summed E-state index contributed by atoms with van der Waals surface area (Å²) in [5.41, 5.74) is 1.60. The molecule has 0 unspecified atom stereocenters. The first kappa shape index (κ1) is 22.7. The number of morpholine rings is 1. The minimum Gasteiger partial charge on any atom is -0.497 e. The van der Waals surface area contributed by atoms with E-state index in [1.165, 1.54) is 22.7 Å². The summed E-state index contributed by atoms with van der Waals surface area (Å²) in [6, 6.07) is 9.39. The molecule has 1 aromatic carbocycles. The van der Waals surface area contributed by atoms with Crippen LogP contribution in [0.4, 0.5) is 5.13 Å². The predicted octanol–water partition coefficient (Wildman–Crippen LogP) is 4.26. The van der Waals surface area contributed by atoms with Gasteiger partial charge in [0.25, 0.3) is 5.91 Å². The van der Waals surface area contributed by atoms with Crippen molar-refractivity contribution in [3.63, 3.8) is 0 Å². The fourth-order valence-corrected chi connectivity index (χ4v) is 5.14. The van der Waals surface area contributed by atoms with Crippen LogP contribution in [-0.2, 0) is 4.74 Å². The number of hydrogen-bond acceptors (Lipinski definition) is 8. The van der Waals surface area contributed by atoms with Crippen LogP contribution >= 0.6 is 22.7 Å². The second-order valence-electron chi connectivity index (χ2n) is 7.32. The molecule has 170 valence electrons. The lowest BCUT2D eigenvalue weighted by Gasteiger charge is -2.27. The zero-order valence-corrected chi connectivity index (χ0v) is 19.9. The monoisotopic (exact) mass is 473 g/mol. The van der Waals surface area contributed by atoms with Gasteiger partial charge in [0.2, 0.25) is 0 Å². The van der Waals surface area contributed by atoms with E-state index in [1.807, 2.05) is 41.1 Å². The van der Waals surface area contributed by atoms with Crippen molar-refractivity contribution in [2.75, 3.05) is 58.5 Å². The van der Waals surface area contributed by atoms with Gasteiger partial charge in [-0.25, -0.2) is 4.98 Å². The lowest BCUT2D eigenvalue weighted by molar-refractivity contribution is 0.0376. The van der Waals surface area contributed by atoms with Crippen molar-refractivity contribution in [1.29, 1.82) is 0 Å². The van der Waals surface area contributed by atoms with Gasteiger partial charge in [-0.3, -0.25) is 14.6 Å². The number of aromatic nitrogens is 1. The normalized spacial score (nSPS) is 14.3. The molecular formula is C23H27N3O4S2. The molecule has 32 heavy (non-hydrogen) atoms. The molecule has 3 aromatic rings. The number of benzene rings is 1. The molecule has 0 N–H and O–H groups in total. The fourth-order valence-electron chi connectivity index (χ4n) is 3.62. The van der Waals surface area contributed by atoms with Gasteiger partial charge in [-0.15, -0.1) is 22.7 Å². The molecule has 0 saturated carbocycles. The van der Waals surface area contributed by atoms with Crippen LogP contribution in [0.2, 0.25) is 0 Å². The number of thiophene rings is 1. The van der Waals surface area contributed by atoms with Crippen molar-refractivity contribution in [2.24, 2.45) is 0 Å². The van der Waals surface area contributed by atoms with Crippen molar-refractivity contribution in [1.82, 2.24) is 9.88 Å². The standard InChI is InChI=1S/C23H27N3O4S2/c1-28-17-6-7-20(29-2)18(15-17)19-16-32-23(24-19)26(22(27)21-5-3-14-31-21)9-4-8-25-10-12-30-13-11-25/h3,5-7,14-16H,4,8-13H2,1-2H3. The first-order valence-corrected chi connectivity index (χ1v) is 12.3. The van der Waals surface area contributed by atoms with Crippen LogP contribution in [-0.4, -0.2) is 69.4 Å². The van der Waals surface area contributed by atoms with Crippen LogP contribution in [0.1, 0.15) is 16.1 Å². The summed E-state index contributed by atoms with van der Waals surface area (Å²) < 4.78 is 16.3. The van der Waals surface area contributed by atoms with Crippen LogP contribution in [0, 0.1) is 0 Å². The lowest BCUT2D eigenvalue weighted by atomic mass is 10.1. The largest absolute Gasteiger partial charge is 0.497 e. The van der Waals surface area contributed by atoms with Gasteiger partial charge >= 0.3 is 0 Å². The minimum atomic E-state index is -0.0134. The van der Waals surface area contributed by atoms with Crippen molar-refractivity contribution in [2.45, 2.75) is 6.42 Å². The van der Waals surface area contributed by atoms with Gasteiger partial charge in [0.15, 0.2) is 5.13 Å². The van der Waals surface area contributed by atoms with Gasteiger partial charge in [0, 0.05) is 37.1 Å². The van der Waals surface area contributed by atoms with Crippen molar-refractivity contribution in [3.05, 3.63) is 46.0 Å². The third kappa shape index (κ3) is 5.29. The summed E-state index contributed by atoms with van der Waals surface area (Å²) in [7, 11) is 3.27. The smallest absolute Gasteiger partial charge is 0.270 e. The molecule has 0 bridgehead atoms. The molecule has 2 aromatic heterocycles. The molecule has 1 aliphatic heterocycles. The molecule has 0 spiro atoms. The molecule has 1 saturated heterocycles. The number of carbonyl (C=O) groups is 1. The number of thiazole rings is 1. The average Bonchev–Trinajstić information content (AvgIpc) is 3.54. The first-order chi connectivity index (χ1) is 15.7. The van der Waals surface area contributed by atoms with E-state index in [4.69, 9.17) is 19.2 Å². The summed E-state index contributed by atoms with van der Waals surface area (Å²) in [6.45, 7) is 4.97. The van der Waals surface area contributed by atoms with E-state index in [1.54, 1.807) is 19.1 Å². The highest BCUT2D eigenvalue weighted by Crippen LogP contribution is 2.36. The molecule has 1 aliphatic rings. The van der Waals surface area contributed by atoms with E-state index < -0.39 is 0 Å². The van der Waals surface area contributed by atoms with Crippen LogP contribution in [0.5, 0.6) is 11.5 Å². The van der Waals surface area contributed by atoms with Crippen molar-refractivity contribution >= 4 is 33.7 Å². The third-order valence-electron chi connectivity index (χ3n) is 5.34. The van der Waals surface area contributed by atoms with Gasteiger partial charge in [-0.05, 0) is 36.1 Å². The van der Waals surface area contributed by atoms with Crippen LogP contribution < -0.4 is 14.4 Å². The lowest BCUT2D eigenvalue weighted by Crippen LogP contribution is -2.39.